The highest BCUT2D eigenvalue weighted by molar-refractivity contribution is 5.73. The van der Waals surface area contributed by atoms with Gasteiger partial charge in [-0.1, -0.05) is 0 Å². The number of nitrogens with one attached hydrogen (secondary N) is 1. The topological polar surface area (TPSA) is 62.5 Å². The van der Waals surface area contributed by atoms with Crippen LogP contribution in [0.3, 0.4) is 0 Å². The van der Waals surface area contributed by atoms with Crippen molar-refractivity contribution in [1.82, 2.24) is 5.32 Å². The van der Waals surface area contributed by atoms with Gasteiger partial charge in [0.15, 0.2) is 0 Å². The number of carbonyl (C=O) groups is 1. The molecule has 0 unspecified atom stereocenters. The van der Waals surface area contributed by atoms with Crippen molar-refractivity contribution in [3.8, 4) is 0 Å². The van der Waals surface area contributed by atoms with Gasteiger partial charge in [0.2, 0.25) is 0 Å². The first kappa shape index (κ1) is 9.27. The second-order valence-electron chi connectivity index (χ2n) is 3.68. The third kappa shape index (κ3) is 1.96. The van der Waals surface area contributed by atoms with Crippen LogP contribution >= 0.6 is 0 Å². The van der Waals surface area contributed by atoms with Crippen molar-refractivity contribution >= 4 is 5.97 Å². The number of hydrogen-bond donors (Lipinski definition) is 2. The van der Waals surface area contributed by atoms with E-state index in [1.54, 1.807) is 6.26 Å². The quantitative estimate of drug-likeness (QED) is 0.751. The number of hydrogen-bond acceptors (Lipinski definition) is 3. The first-order valence-corrected chi connectivity index (χ1v) is 4.74. The van der Waals surface area contributed by atoms with Crippen LogP contribution in [0.2, 0.25) is 0 Å². The lowest BCUT2D eigenvalue weighted by Gasteiger charge is -2.04. The van der Waals surface area contributed by atoms with Crippen molar-refractivity contribution in [2.45, 2.75) is 18.9 Å². The second kappa shape index (κ2) is 3.84. The summed E-state index contributed by atoms with van der Waals surface area (Å²) < 4.78 is 5.22. The van der Waals surface area contributed by atoms with Gasteiger partial charge in [-0.2, -0.15) is 0 Å². The van der Waals surface area contributed by atoms with E-state index in [2.05, 4.69) is 5.32 Å². The number of carboxylic acids is 1. The Kier molecular flexibility index (Phi) is 2.54. The van der Waals surface area contributed by atoms with Crippen LogP contribution in [0.25, 0.3) is 0 Å². The molecule has 2 atom stereocenters. The van der Waals surface area contributed by atoms with E-state index >= 15 is 0 Å². The van der Waals surface area contributed by atoms with Gasteiger partial charge in [-0.3, -0.25) is 4.79 Å². The molecule has 2 N–H and O–H groups in total. The Morgan fingerprint density at radius 2 is 2.57 bits per heavy atom. The maximum Gasteiger partial charge on any atom is 0.320 e. The fourth-order valence-electron chi connectivity index (χ4n) is 1.87. The number of carboxylic acid groups (broad SMARTS) is 1. The molecular weight excluding hydrogens is 182 g/mol. The van der Waals surface area contributed by atoms with Gasteiger partial charge < -0.3 is 14.8 Å². The normalized spacial score (nSPS) is 26.6. The highest BCUT2D eigenvalue weighted by Gasteiger charge is 2.29. The molecule has 4 nitrogen and oxygen atoms in total. The van der Waals surface area contributed by atoms with Gasteiger partial charge in [0.1, 0.15) is 11.8 Å². The van der Waals surface area contributed by atoms with E-state index < -0.39 is 5.97 Å². The molecule has 4 heteroatoms. The molecule has 2 heterocycles. The van der Waals surface area contributed by atoms with E-state index in [1.807, 2.05) is 12.1 Å². The maximum atomic E-state index is 10.7. The molecule has 0 spiro atoms. The van der Waals surface area contributed by atoms with Crippen molar-refractivity contribution < 1.29 is 14.3 Å². The second-order valence-corrected chi connectivity index (χ2v) is 3.68. The highest BCUT2D eigenvalue weighted by Crippen LogP contribution is 2.19. The summed E-state index contributed by atoms with van der Waals surface area (Å²) in [6, 6.07) is 3.40. The Hall–Kier alpha value is -1.29. The van der Waals surface area contributed by atoms with Gasteiger partial charge in [0.05, 0.1) is 6.26 Å². The zero-order valence-corrected chi connectivity index (χ0v) is 7.77. The van der Waals surface area contributed by atoms with Crippen molar-refractivity contribution in [2.75, 3.05) is 6.54 Å². The van der Waals surface area contributed by atoms with E-state index in [0.717, 1.165) is 18.7 Å². The Labute approximate surface area is 81.9 Å². The van der Waals surface area contributed by atoms with Crippen LogP contribution in [0.4, 0.5) is 0 Å². The minimum Gasteiger partial charge on any atom is -0.480 e. The lowest BCUT2D eigenvalue weighted by molar-refractivity contribution is -0.139. The predicted octanol–water partition coefficient (Wildman–Crippen LogP) is 0.885. The van der Waals surface area contributed by atoms with Gasteiger partial charge in [-0.25, -0.2) is 0 Å². The molecule has 0 aromatic carbocycles. The molecule has 1 fully saturated rings. The third-order valence-electron chi connectivity index (χ3n) is 2.59. The average molecular weight is 195 g/mol. The molecule has 0 radical (unpaired) electrons. The first-order valence-electron chi connectivity index (χ1n) is 4.74. The van der Waals surface area contributed by atoms with Crippen LogP contribution in [-0.4, -0.2) is 23.7 Å². The Morgan fingerprint density at radius 3 is 3.14 bits per heavy atom. The van der Waals surface area contributed by atoms with E-state index in [1.165, 1.54) is 0 Å². The molecule has 1 aliphatic heterocycles. The maximum absolute atomic E-state index is 10.7. The molecule has 0 bridgehead atoms. The fraction of sp³-hybridized carbons (Fsp3) is 0.500. The summed E-state index contributed by atoms with van der Waals surface area (Å²) in [5.41, 5.74) is 0. The Morgan fingerprint density at radius 1 is 1.71 bits per heavy atom. The van der Waals surface area contributed by atoms with E-state index in [9.17, 15) is 4.79 Å². The van der Waals surface area contributed by atoms with Gasteiger partial charge in [-0.05, 0) is 31.0 Å². The summed E-state index contributed by atoms with van der Waals surface area (Å²) >= 11 is 0. The predicted molar refractivity (Wildman–Crippen MR) is 49.9 cm³/mol. The number of aliphatic carboxylic acids is 1. The van der Waals surface area contributed by atoms with Crippen LogP contribution in [0.15, 0.2) is 22.8 Å². The van der Waals surface area contributed by atoms with E-state index in [4.69, 9.17) is 9.52 Å². The molecule has 0 aliphatic carbocycles. The summed E-state index contributed by atoms with van der Waals surface area (Å²) in [7, 11) is 0. The highest BCUT2D eigenvalue weighted by atomic mass is 16.4. The van der Waals surface area contributed by atoms with Crippen molar-refractivity contribution in [3.05, 3.63) is 24.2 Å². The lowest BCUT2D eigenvalue weighted by Crippen LogP contribution is -2.29. The van der Waals surface area contributed by atoms with Gasteiger partial charge in [-0.15, -0.1) is 0 Å². The third-order valence-corrected chi connectivity index (χ3v) is 2.59. The molecule has 0 amide bonds. The van der Waals surface area contributed by atoms with Gasteiger partial charge >= 0.3 is 5.97 Å². The molecule has 2 rings (SSSR count). The van der Waals surface area contributed by atoms with Gasteiger partial charge in [0.25, 0.3) is 0 Å². The lowest BCUT2D eigenvalue weighted by atomic mass is 10.0. The Balaban J connectivity index is 1.87. The summed E-state index contributed by atoms with van der Waals surface area (Å²) in [4.78, 5) is 10.7. The number of rotatable bonds is 3. The minimum atomic E-state index is -0.757. The standard InChI is InChI=1S/C10H13NO3/c12-10(13)9-5-7(6-11-9)4-8-2-1-3-14-8/h1-3,7,9,11H,4-6H2,(H,12,13)/t7-,9+/m0/s1. The minimum absolute atomic E-state index is 0.377. The average Bonchev–Trinajstić information content (AvgIpc) is 2.75. The smallest absolute Gasteiger partial charge is 0.320 e. The van der Waals surface area contributed by atoms with Crippen LogP contribution < -0.4 is 5.32 Å². The van der Waals surface area contributed by atoms with Crippen molar-refractivity contribution in [1.29, 1.82) is 0 Å². The Bertz CT molecular complexity index is 307. The summed E-state index contributed by atoms with van der Waals surface area (Å²) in [5, 5.41) is 11.7. The van der Waals surface area contributed by atoms with Crippen LogP contribution in [0.1, 0.15) is 12.2 Å². The monoisotopic (exact) mass is 195 g/mol. The van der Waals surface area contributed by atoms with E-state index in [0.29, 0.717) is 12.3 Å². The molecule has 14 heavy (non-hydrogen) atoms. The van der Waals surface area contributed by atoms with Gasteiger partial charge in [0, 0.05) is 6.42 Å². The molecule has 1 saturated heterocycles. The summed E-state index contributed by atoms with van der Waals surface area (Å²) in [5.74, 6) is 0.553. The molecular formula is C10H13NO3. The molecule has 1 aliphatic rings. The molecule has 1 aromatic rings. The van der Waals surface area contributed by atoms with E-state index in [-0.39, 0.29) is 6.04 Å². The number of furan rings is 1. The SMILES string of the molecule is O=C(O)[C@H]1C[C@H](Cc2ccco2)CN1. The molecule has 0 saturated carbocycles. The van der Waals surface area contributed by atoms with Crippen LogP contribution in [-0.2, 0) is 11.2 Å². The largest absolute Gasteiger partial charge is 0.480 e. The van der Waals surface area contributed by atoms with Crippen LogP contribution in [0.5, 0.6) is 0 Å². The molecule has 1 aromatic heterocycles. The van der Waals surface area contributed by atoms with Crippen LogP contribution in [0, 0.1) is 5.92 Å². The van der Waals surface area contributed by atoms with Crippen molar-refractivity contribution in [3.63, 3.8) is 0 Å². The fourth-order valence-corrected chi connectivity index (χ4v) is 1.87. The first-order chi connectivity index (χ1) is 6.75. The zero-order chi connectivity index (χ0) is 9.97. The molecule has 76 valence electrons. The summed E-state index contributed by atoms with van der Waals surface area (Å²) in [6.07, 6.45) is 3.16. The van der Waals surface area contributed by atoms with Crippen molar-refractivity contribution in [2.24, 2.45) is 5.92 Å². The zero-order valence-electron chi connectivity index (χ0n) is 7.77. The summed E-state index contributed by atoms with van der Waals surface area (Å²) in [6.45, 7) is 0.762.